The number of rotatable bonds is 6. The van der Waals surface area contributed by atoms with Crippen LogP contribution in [-0.4, -0.2) is 30.6 Å². The molecule has 7 nitrogen and oxygen atoms in total. The molecule has 1 fully saturated rings. The van der Waals surface area contributed by atoms with E-state index in [-0.39, 0.29) is 5.91 Å². The first kappa shape index (κ1) is 18.0. The van der Waals surface area contributed by atoms with Crippen LogP contribution < -0.4 is 15.5 Å². The number of benzene rings is 1. The summed E-state index contributed by atoms with van der Waals surface area (Å²) < 4.78 is 5.26. The van der Waals surface area contributed by atoms with Crippen molar-refractivity contribution in [2.75, 3.05) is 18.5 Å². The second-order valence-electron chi connectivity index (χ2n) is 6.23. The zero-order chi connectivity index (χ0) is 18.4. The third-order valence-electron chi connectivity index (χ3n) is 4.41. The number of hydrogen-bond donors (Lipinski definition) is 2. The zero-order valence-electron chi connectivity index (χ0n) is 15.3. The lowest BCUT2D eigenvalue weighted by Crippen LogP contribution is -2.36. The van der Waals surface area contributed by atoms with E-state index in [0.717, 1.165) is 42.1 Å². The van der Waals surface area contributed by atoms with Crippen LogP contribution in [0.15, 0.2) is 39.8 Å². The molecule has 0 aliphatic carbocycles. The van der Waals surface area contributed by atoms with E-state index in [9.17, 15) is 4.79 Å². The molecule has 0 saturated carbocycles. The Bertz CT molecular complexity index is 766. The molecule has 0 unspecified atom stereocenters. The van der Waals surface area contributed by atoms with Crippen LogP contribution in [0.5, 0.6) is 0 Å². The molecule has 1 aliphatic heterocycles. The van der Waals surface area contributed by atoms with E-state index >= 15 is 0 Å². The van der Waals surface area contributed by atoms with Crippen molar-refractivity contribution in [2.24, 2.45) is 4.99 Å². The maximum absolute atomic E-state index is 11.8. The number of guanidine groups is 1. The fourth-order valence-corrected chi connectivity index (χ4v) is 2.90. The van der Waals surface area contributed by atoms with E-state index in [0.29, 0.717) is 25.5 Å². The van der Waals surface area contributed by atoms with Gasteiger partial charge >= 0.3 is 0 Å². The second kappa shape index (κ2) is 8.51. The molecule has 3 rings (SSSR count). The Morgan fingerprint density at radius 2 is 2.04 bits per heavy atom. The van der Waals surface area contributed by atoms with Gasteiger partial charge in [-0.2, -0.15) is 0 Å². The van der Waals surface area contributed by atoms with Gasteiger partial charge in [0.25, 0.3) is 0 Å². The van der Waals surface area contributed by atoms with Crippen LogP contribution in [0, 0.1) is 0 Å². The minimum Gasteiger partial charge on any atom is -0.359 e. The highest BCUT2D eigenvalue weighted by Crippen LogP contribution is 2.21. The summed E-state index contributed by atoms with van der Waals surface area (Å²) in [6.07, 6.45) is 2.45. The molecule has 1 aromatic carbocycles. The quantitative estimate of drug-likeness (QED) is 0.613. The standard InChI is InChI=1S/C19H25N5O2/c1-3-15-11-17(26-23-15)13-22-19(20-2)21-12-14-6-8-16(9-7-14)24-10-4-5-18(24)25/h6-9,11H,3-5,10,12-13H2,1-2H3,(H2,20,21,22). The zero-order valence-corrected chi connectivity index (χ0v) is 15.3. The lowest BCUT2D eigenvalue weighted by atomic mass is 10.2. The van der Waals surface area contributed by atoms with Crippen molar-refractivity contribution in [1.82, 2.24) is 15.8 Å². The number of carbonyl (C=O) groups excluding carboxylic acids is 1. The molecule has 1 aliphatic rings. The van der Waals surface area contributed by atoms with E-state index in [1.807, 2.05) is 42.2 Å². The van der Waals surface area contributed by atoms with E-state index in [2.05, 4.69) is 20.8 Å². The Kier molecular flexibility index (Phi) is 5.88. The molecule has 2 N–H and O–H groups in total. The van der Waals surface area contributed by atoms with Crippen molar-refractivity contribution in [3.63, 3.8) is 0 Å². The predicted molar refractivity (Wildman–Crippen MR) is 101 cm³/mol. The van der Waals surface area contributed by atoms with E-state index in [4.69, 9.17) is 4.52 Å². The number of nitrogens with one attached hydrogen (secondary N) is 2. The van der Waals surface area contributed by atoms with Crippen molar-refractivity contribution in [3.8, 4) is 0 Å². The Hall–Kier alpha value is -2.83. The number of aromatic nitrogens is 1. The maximum atomic E-state index is 11.8. The van der Waals surface area contributed by atoms with Crippen LogP contribution in [0.3, 0.4) is 0 Å². The topological polar surface area (TPSA) is 82.8 Å². The molecule has 138 valence electrons. The summed E-state index contributed by atoms with van der Waals surface area (Å²) >= 11 is 0. The maximum Gasteiger partial charge on any atom is 0.227 e. The minimum absolute atomic E-state index is 0.208. The highest BCUT2D eigenvalue weighted by molar-refractivity contribution is 5.95. The Morgan fingerprint density at radius 1 is 1.27 bits per heavy atom. The summed E-state index contributed by atoms with van der Waals surface area (Å²) in [5, 5.41) is 10.5. The van der Waals surface area contributed by atoms with Crippen LogP contribution in [0.25, 0.3) is 0 Å². The predicted octanol–water partition coefficient (Wildman–Crippen LogP) is 2.23. The highest BCUT2D eigenvalue weighted by Gasteiger charge is 2.21. The molecule has 0 spiro atoms. The fraction of sp³-hybridized carbons (Fsp3) is 0.421. The molecular formula is C19H25N5O2. The number of carbonyl (C=O) groups is 1. The lowest BCUT2D eigenvalue weighted by molar-refractivity contribution is -0.117. The second-order valence-corrected chi connectivity index (χ2v) is 6.23. The number of aliphatic imine (C=N–C) groups is 1. The van der Waals surface area contributed by atoms with Gasteiger partial charge in [0.15, 0.2) is 11.7 Å². The molecule has 1 aromatic heterocycles. The smallest absolute Gasteiger partial charge is 0.227 e. The normalized spacial score (nSPS) is 14.8. The van der Waals surface area contributed by atoms with Gasteiger partial charge in [0.2, 0.25) is 5.91 Å². The van der Waals surface area contributed by atoms with Crippen LogP contribution in [0.4, 0.5) is 5.69 Å². The van der Waals surface area contributed by atoms with Crippen molar-refractivity contribution < 1.29 is 9.32 Å². The van der Waals surface area contributed by atoms with Crippen LogP contribution in [0.1, 0.15) is 36.8 Å². The Morgan fingerprint density at radius 3 is 2.65 bits per heavy atom. The SMILES string of the molecule is CCc1cc(CNC(=NC)NCc2ccc(N3CCCC3=O)cc2)on1. The van der Waals surface area contributed by atoms with Gasteiger partial charge in [-0.15, -0.1) is 0 Å². The van der Waals surface area contributed by atoms with Crippen LogP contribution in [-0.2, 0) is 24.3 Å². The van der Waals surface area contributed by atoms with Crippen molar-refractivity contribution in [1.29, 1.82) is 0 Å². The Labute approximate surface area is 153 Å². The summed E-state index contributed by atoms with van der Waals surface area (Å²) in [6.45, 7) is 4.03. The summed E-state index contributed by atoms with van der Waals surface area (Å²) in [6, 6.07) is 10.0. The van der Waals surface area contributed by atoms with Crippen molar-refractivity contribution >= 4 is 17.6 Å². The summed E-state index contributed by atoms with van der Waals surface area (Å²) in [7, 11) is 1.73. The summed E-state index contributed by atoms with van der Waals surface area (Å²) in [5.41, 5.74) is 3.04. The third kappa shape index (κ3) is 4.41. The highest BCUT2D eigenvalue weighted by atomic mass is 16.5. The first-order valence-corrected chi connectivity index (χ1v) is 8.98. The van der Waals surface area contributed by atoms with Gasteiger partial charge in [-0.05, 0) is 30.5 Å². The van der Waals surface area contributed by atoms with Gasteiger partial charge < -0.3 is 20.1 Å². The lowest BCUT2D eigenvalue weighted by Gasteiger charge is -2.16. The number of amides is 1. The average molecular weight is 355 g/mol. The molecule has 2 heterocycles. The number of anilines is 1. The van der Waals surface area contributed by atoms with Crippen LogP contribution in [0.2, 0.25) is 0 Å². The van der Waals surface area contributed by atoms with Gasteiger partial charge in [0.05, 0.1) is 12.2 Å². The van der Waals surface area contributed by atoms with Crippen molar-refractivity contribution in [3.05, 3.63) is 47.3 Å². The van der Waals surface area contributed by atoms with Gasteiger partial charge in [-0.25, -0.2) is 0 Å². The first-order chi connectivity index (χ1) is 12.7. The molecule has 1 amide bonds. The molecule has 1 saturated heterocycles. The number of nitrogens with zero attached hydrogens (tertiary/aromatic N) is 3. The number of hydrogen-bond acceptors (Lipinski definition) is 4. The molecule has 2 aromatic rings. The average Bonchev–Trinajstić information content (AvgIpc) is 3.31. The summed E-state index contributed by atoms with van der Waals surface area (Å²) in [4.78, 5) is 17.9. The molecule has 0 bridgehead atoms. The monoisotopic (exact) mass is 355 g/mol. The van der Waals surface area contributed by atoms with Gasteiger partial charge in [0.1, 0.15) is 0 Å². The first-order valence-electron chi connectivity index (χ1n) is 8.98. The van der Waals surface area contributed by atoms with Gasteiger partial charge in [-0.3, -0.25) is 9.79 Å². The van der Waals surface area contributed by atoms with E-state index < -0.39 is 0 Å². The fourth-order valence-electron chi connectivity index (χ4n) is 2.90. The van der Waals surface area contributed by atoms with Crippen molar-refractivity contribution in [2.45, 2.75) is 39.3 Å². The van der Waals surface area contributed by atoms with Crippen LogP contribution >= 0.6 is 0 Å². The van der Waals surface area contributed by atoms with Gasteiger partial charge in [0, 0.05) is 38.3 Å². The largest absolute Gasteiger partial charge is 0.359 e. The number of aryl methyl sites for hydroxylation is 1. The molecule has 0 radical (unpaired) electrons. The Balaban J connectivity index is 1.49. The minimum atomic E-state index is 0.208. The summed E-state index contributed by atoms with van der Waals surface area (Å²) in [5.74, 6) is 1.68. The molecule has 7 heteroatoms. The third-order valence-corrected chi connectivity index (χ3v) is 4.41. The molecule has 0 atom stereocenters. The molecular weight excluding hydrogens is 330 g/mol. The van der Waals surface area contributed by atoms with E-state index in [1.54, 1.807) is 7.05 Å². The van der Waals surface area contributed by atoms with Gasteiger partial charge in [-0.1, -0.05) is 24.2 Å². The van der Waals surface area contributed by atoms with E-state index in [1.165, 1.54) is 0 Å². The molecule has 26 heavy (non-hydrogen) atoms.